The van der Waals surface area contributed by atoms with Crippen molar-refractivity contribution in [2.45, 2.75) is 45.8 Å². The number of fused-ring (bicyclic) bond motifs is 1. The van der Waals surface area contributed by atoms with Gasteiger partial charge < -0.3 is 19.5 Å². The highest BCUT2D eigenvalue weighted by Crippen LogP contribution is 2.18. The van der Waals surface area contributed by atoms with Crippen molar-refractivity contribution in [2.24, 2.45) is 0 Å². The highest BCUT2D eigenvalue weighted by atomic mass is 16.5. The Bertz CT molecular complexity index is 539. The van der Waals surface area contributed by atoms with Gasteiger partial charge in [-0.2, -0.15) is 0 Å². The Morgan fingerprint density at radius 2 is 2.23 bits per heavy atom. The summed E-state index contributed by atoms with van der Waals surface area (Å²) in [6, 6.07) is 2.11. The average Bonchev–Trinajstić information content (AvgIpc) is 2.50. The molecule has 1 N–H and O–H groups in total. The van der Waals surface area contributed by atoms with Crippen molar-refractivity contribution in [2.75, 3.05) is 33.9 Å². The minimum absolute atomic E-state index is 0.169. The maximum atomic E-state index is 12.8. The van der Waals surface area contributed by atoms with Crippen molar-refractivity contribution in [3.8, 4) is 0 Å². The summed E-state index contributed by atoms with van der Waals surface area (Å²) in [4.78, 5) is 15.1. The first kappa shape index (κ1) is 17.2. The lowest BCUT2D eigenvalue weighted by Gasteiger charge is -2.28. The Labute approximate surface area is 133 Å². The smallest absolute Gasteiger partial charge is 0.255 e. The predicted octanol–water partition coefficient (Wildman–Crippen LogP) is 1.37. The summed E-state index contributed by atoms with van der Waals surface area (Å²) in [5.41, 5.74) is 3.58. The molecule has 1 aliphatic heterocycles. The molecule has 0 aromatic carbocycles. The van der Waals surface area contributed by atoms with Crippen LogP contribution in [0.25, 0.3) is 0 Å². The summed E-state index contributed by atoms with van der Waals surface area (Å²) in [5, 5.41) is 3.35. The van der Waals surface area contributed by atoms with Crippen molar-refractivity contribution in [1.29, 1.82) is 0 Å². The summed E-state index contributed by atoms with van der Waals surface area (Å²) < 4.78 is 7.13. The molecule has 0 radical (unpaired) electrons. The molecular weight excluding hydrogens is 278 g/mol. The molecule has 0 bridgehead atoms. The van der Waals surface area contributed by atoms with Crippen LogP contribution < -0.4 is 10.9 Å². The van der Waals surface area contributed by atoms with Crippen molar-refractivity contribution in [3.05, 3.63) is 33.2 Å². The van der Waals surface area contributed by atoms with Gasteiger partial charge in [-0.25, -0.2) is 0 Å². The number of nitrogens with one attached hydrogen (secondary N) is 1. The fourth-order valence-electron chi connectivity index (χ4n) is 3.05. The van der Waals surface area contributed by atoms with E-state index >= 15 is 0 Å². The lowest BCUT2D eigenvalue weighted by atomic mass is 10.0. The van der Waals surface area contributed by atoms with E-state index in [2.05, 4.69) is 30.3 Å². The molecule has 0 atom stereocenters. The van der Waals surface area contributed by atoms with Gasteiger partial charge in [0, 0.05) is 57.6 Å². The summed E-state index contributed by atoms with van der Waals surface area (Å²) in [6.07, 6.45) is 2.91. The van der Waals surface area contributed by atoms with E-state index in [9.17, 15) is 4.79 Å². The minimum Gasteiger partial charge on any atom is -0.385 e. The number of likely N-dealkylation sites (N-methyl/N-ethyl adjacent to an activating group) is 1. The van der Waals surface area contributed by atoms with Crippen molar-refractivity contribution in [3.63, 3.8) is 0 Å². The van der Waals surface area contributed by atoms with Crippen molar-refractivity contribution in [1.82, 2.24) is 14.8 Å². The molecule has 0 unspecified atom stereocenters. The van der Waals surface area contributed by atoms with Crippen LogP contribution in [0, 0.1) is 0 Å². The third kappa shape index (κ3) is 4.18. The molecule has 0 aliphatic carbocycles. The first-order chi connectivity index (χ1) is 10.7. The van der Waals surface area contributed by atoms with Gasteiger partial charge in [0.25, 0.3) is 5.56 Å². The minimum atomic E-state index is 0.169. The van der Waals surface area contributed by atoms with Crippen LogP contribution in [0.5, 0.6) is 0 Å². The van der Waals surface area contributed by atoms with Gasteiger partial charge in [-0.05, 0) is 38.1 Å². The lowest BCUT2D eigenvalue weighted by Crippen LogP contribution is -2.36. The molecule has 124 valence electrons. The molecule has 0 amide bonds. The third-order valence-corrected chi connectivity index (χ3v) is 4.21. The van der Waals surface area contributed by atoms with Gasteiger partial charge >= 0.3 is 0 Å². The maximum Gasteiger partial charge on any atom is 0.255 e. The molecule has 1 aromatic rings. The summed E-state index contributed by atoms with van der Waals surface area (Å²) in [5.74, 6) is 0. The lowest BCUT2D eigenvalue weighted by molar-refractivity contribution is 0.189. The quantitative estimate of drug-likeness (QED) is 0.737. The molecule has 0 spiro atoms. The number of ether oxygens (including phenoxy) is 1. The number of hydrogen-bond donors (Lipinski definition) is 1. The average molecular weight is 307 g/mol. The van der Waals surface area contributed by atoms with Gasteiger partial charge in [0.2, 0.25) is 0 Å². The Kier molecular flexibility index (Phi) is 6.61. The van der Waals surface area contributed by atoms with Gasteiger partial charge in [-0.1, -0.05) is 6.92 Å². The highest BCUT2D eigenvalue weighted by molar-refractivity contribution is 5.29. The van der Waals surface area contributed by atoms with E-state index in [0.717, 1.165) is 51.0 Å². The molecule has 2 heterocycles. The van der Waals surface area contributed by atoms with Gasteiger partial charge in [0.05, 0.1) is 0 Å². The summed E-state index contributed by atoms with van der Waals surface area (Å²) >= 11 is 0. The zero-order valence-electron chi connectivity index (χ0n) is 14.2. The second kappa shape index (κ2) is 8.46. The molecule has 1 aliphatic rings. The monoisotopic (exact) mass is 307 g/mol. The van der Waals surface area contributed by atoms with Crippen LogP contribution in [0.15, 0.2) is 10.9 Å². The van der Waals surface area contributed by atoms with E-state index in [0.29, 0.717) is 13.2 Å². The molecule has 0 saturated heterocycles. The van der Waals surface area contributed by atoms with E-state index in [1.54, 1.807) is 7.11 Å². The normalized spacial score (nSPS) is 15.0. The second-order valence-corrected chi connectivity index (χ2v) is 6.11. The molecule has 22 heavy (non-hydrogen) atoms. The van der Waals surface area contributed by atoms with Gasteiger partial charge in [0.1, 0.15) is 0 Å². The largest absolute Gasteiger partial charge is 0.385 e. The van der Waals surface area contributed by atoms with Crippen LogP contribution in [-0.4, -0.2) is 43.3 Å². The van der Waals surface area contributed by atoms with E-state index < -0.39 is 0 Å². The number of aromatic nitrogens is 1. The fraction of sp³-hybridized carbons (Fsp3) is 0.706. The number of rotatable bonds is 8. The first-order valence-corrected chi connectivity index (χ1v) is 8.30. The van der Waals surface area contributed by atoms with Crippen molar-refractivity contribution < 1.29 is 4.74 Å². The third-order valence-electron chi connectivity index (χ3n) is 4.21. The van der Waals surface area contributed by atoms with Crippen molar-refractivity contribution >= 4 is 0 Å². The van der Waals surface area contributed by atoms with Crippen LogP contribution in [0.3, 0.4) is 0 Å². The Hall–Kier alpha value is -1.17. The highest BCUT2D eigenvalue weighted by Gasteiger charge is 2.19. The summed E-state index contributed by atoms with van der Waals surface area (Å²) in [6.45, 7) is 7.14. The van der Waals surface area contributed by atoms with E-state index in [-0.39, 0.29) is 5.56 Å². The molecule has 5 nitrogen and oxygen atoms in total. The number of hydrogen-bond acceptors (Lipinski definition) is 4. The number of methoxy groups -OCH3 is 1. The van der Waals surface area contributed by atoms with Crippen LogP contribution in [0.4, 0.5) is 0 Å². The van der Waals surface area contributed by atoms with Gasteiger partial charge in [0.15, 0.2) is 0 Å². The van der Waals surface area contributed by atoms with Crippen LogP contribution in [0.1, 0.15) is 36.6 Å². The Morgan fingerprint density at radius 3 is 2.95 bits per heavy atom. The van der Waals surface area contributed by atoms with Crippen LogP contribution >= 0.6 is 0 Å². The topological polar surface area (TPSA) is 46.5 Å². The predicted molar refractivity (Wildman–Crippen MR) is 89.2 cm³/mol. The second-order valence-electron chi connectivity index (χ2n) is 6.11. The molecule has 2 rings (SSSR count). The van der Waals surface area contributed by atoms with Crippen LogP contribution in [-0.2, 0) is 30.8 Å². The first-order valence-electron chi connectivity index (χ1n) is 8.30. The van der Waals surface area contributed by atoms with Crippen LogP contribution in [0.2, 0.25) is 0 Å². The molecule has 1 aromatic heterocycles. The zero-order chi connectivity index (χ0) is 15.9. The summed E-state index contributed by atoms with van der Waals surface area (Å²) in [7, 11) is 3.84. The SMILES string of the molecule is CCCNCc1cc2c(n(CCCOC)c1=O)CCN(C)C2. The van der Waals surface area contributed by atoms with Gasteiger partial charge in [-0.3, -0.25) is 4.79 Å². The number of nitrogens with zero attached hydrogens (tertiary/aromatic N) is 2. The molecule has 5 heteroatoms. The van der Waals surface area contributed by atoms with E-state index in [1.165, 1.54) is 11.3 Å². The number of pyridine rings is 1. The fourth-order valence-corrected chi connectivity index (χ4v) is 3.05. The van der Waals surface area contributed by atoms with E-state index in [4.69, 9.17) is 4.74 Å². The molecular formula is C17H29N3O2. The molecule has 0 saturated carbocycles. The Morgan fingerprint density at radius 1 is 1.41 bits per heavy atom. The zero-order valence-corrected chi connectivity index (χ0v) is 14.2. The molecule has 0 fully saturated rings. The van der Waals surface area contributed by atoms with Gasteiger partial charge in [-0.15, -0.1) is 0 Å². The Balaban J connectivity index is 2.29. The standard InChI is InChI=1S/C17H29N3O2/c1-4-7-18-12-14-11-15-13-19(2)9-6-16(15)20(17(14)21)8-5-10-22-3/h11,18H,4-10,12-13H2,1-3H3. The maximum absolute atomic E-state index is 12.8. The van der Waals surface area contributed by atoms with E-state index in [1.807, 2.05) is 4.57 Å².